The van der Waals surface area contributed by atoms with Gasteiger partial charge in [0.05, 0.1) is 22.1 Å². The normalized spacial score (nSPS) is 11.8. The minimum absolute atomic E-state index is 0.937. The van der Waals surface area contributed by atoms with Crippen LogP contribution in [0.15, 0.2) is 188 Å². The van der Waals surface area contributed by atoms with Gasteiger partial charge in [-0.25, -0.2) is 0 Å². The summed E-state index contributed by atoms with van der Waals surface area (Å²) in [5.74, 6) is 0. The van der Waals surface area contributed by atoms with E-state index in [-0.39, 0.29) is 0 Å². The summed E-state index contributed by atoms with van der Waals surface area (Å²) in [7, 11) is 0. The molecule has 0 spiro atoms. The zero-order valence-corrected chi connectivity index (χ0v) is 28.7. The number of fused-ring (bicyclic) bond motifs is 10. The molecule has 0 aliphatic carbocycles. The molecule has 0 saturated heterocycles. The average molecular weight is 674 g/mol. The first kappa shape index (κ1) is 29.6. The van der Waals surface area contributed by atoms with E-state index in [1.165, 1.54) is 71.2 Å². The smallest absolute Gasteiger partial charge is 0.0971 e. The van der Waals surface area contributed by atoms with Crippen LogP contribution in [0.4, 0.5) is 0 Å². The van der Waals surface area contributed by atoms with Gasteiger partial charge >= 0.3 is 0 Å². The van der Waals surface area contributed by atoms with Gasteiger partial charge in [-0.05, 0) is 103 Å². The summed E-state index contributed by atoms with van der Waals surface area (Å²) < 4.78 is 2.36. The van der Waals surface area contributed by atoms with Crippen LogP contribution in [0.5, 0.6) is 0 Å². The van der Waals surface area contributed by atoms with Crippen molar-refractivity contribution in [2.45, 2.75) is 0 Å². The number of nitrogens with zero attached hydrogens (tertiary/aromatic N) is 3. The summed E-state index contributed by atoms with van der Waals surface area (Å²) in [5.41, 5.74) is 12.6. The lowest BCUT2D eigenvalue weighted by atomic mass is 9.93. The third-order valence-corrected chi connectivity index (χ3v) is 10.9. The van der Waals surface area contributed by atoms with Crippen molar-refractivity contribution in [1.29, 1.82) is 0 Å². The van der Waals surface area contributed by atoms with E-state index in [0.29, 0.717) is 0 Å². The molecule has 11 rings (SSSR count). The fourth-order valence-electron chi connectivity index (χ4n) is 8.30. The quantitative estimate of drug-likeness (QED) is 0.174. The van der Waals surface area contributed by atoms with E-state index in [9.17, 15) is 0 Å². The molecule has 0 fully saturated rings. The Morgan fingerprint density at radius 2 is 0.774 bits per heavy atom. The molecule has 0 N–H and O–H groups in total. The van der Waals surface area contributed by atoms with Crippen molar-refractivity contribution >= 4 is 65.2 Å². The minimum atomic E-state index is 0.937. The van der Waals surface area contributed by atoms with Crippen molar-refractivity contribution < 1.29 is 0 Å². The molecular weight excluding hydrogens is 643 g/mol. The van der Waals surface area contributed by atoms with Crippen molar-refractivity contribution in [2.75, 3.05) is 0 Å². The van der Waals surface area contributed by atoms with Crippen LogP contribution in [0.3, 0.4) is 0 Å². The van der Waals surface area contributed by atoms with Crippen LogP contribution in [-0.4, -0.2) is 14.5 Å². The van der Waals surface area contributed by atoms with E-state index in [2.05, 4.69) is 180 Å². The van der Waals surface area contributed by atoms with Crippen LogP contribution in [0.25, 0.3) is 104 Å². The van der Waals surface area contributed by atoms with Crippen LogP contribution in [0.2, 0.25) is 0 Å². The maximum atomic E-state index is 4.78. The van der Waals surface area contributed by atoms with Crippen molar-refractivity contribution in [3.8, 4) is 39.1 Å². The number of aromatic nitrogens is 3. The minimum Gasteiger partial charge on any atom is -0.309 e. The van der Waals surface area contributed by atoms with Crippen molar-refractivity contribution in [1.82, 2.24) is 14.5 Å². The maximum Gasteiger partial charge on any atom is 0.0971 e. The van der Waals surface area contributed by atoms with Gasteiger partial charge in [0.2, 0.25) is 0 Å². The predicted octanol–water partition coefficient (Wildman–Crippen LogP) is 13.2. The topological polar surface area (TPSA) is 30.7 Å². The number of para-hydroxylation sites is 2. The van der Waals surface area contributed by atoms with Crippen LogP contribution < -0.4 is 0 Å². The monoisotopic (exact) mass is 673 g/mol. The lowest BCUT2D eigenvalue weighted by Crippen LogP contribution is -1.93. The highest BCUT2D eigenvalue weighted by Crippen LogP contribution is 2.37. The van der Waals surface area contributed by atoms with E-state index in [1.54, 1.807) is 12.4 Å². The third kappa shape index (κ3) is 4.75. The van der Waals surface area contributed by atoms with Gasteiger partial charge in [-0.1, -0.05) is 127 Å². The van der Waals surface area contributed by atoms with Gasteiger partial charge in [-0.3, -0.25) is 9.97 Å². The molecule has 3 nitrogen and oxygen atoms in total. The molecule has 3 heteroatoms. The second-order valence-electron chi connectivity index (χ2n) is 13.8. The van der Waals surface area contributed by atoms with Gasteiger partial charge in [0.1, 0.15) is 0 Å². The molecule has 0 aliphatic heterocycles. The Hall–Kier alpha value is -7.10. The highest BCUT2D eigenvalue weighted by molar-refractivity contribution is 6.23. The molecule has 0 aliphatic rings. The zero-order chi connectivity index (χ0) is 34.9. The summed E-state index contributed by atoms with van der Waals surface area (Å²) in [5, 5.41) is 9.66. The van der Waals surface area contributed by atoms with Gasteiger partial charge in [-0.15, -0.1) is 0 Å². The van der Waals surface area contributed by atoms with E-state index >= 15 is 0 Å². The number of hydrogen-bond donors (Lipinski definition) is 0. The molecule has 9 aromatic carbocycles. The van der Waals surface area contributed by atoms with Gasteiger partial charge < -0.3 is 4.57 Å². The first-order valence-corrected chi connectivity index (χ1v) is 18.1. The van der Waals surface area contributed by atoms with E-state index < -0.39 is 0 Å². The lowest BCUT2D eigenvalue weighted by molar-refractivity contribution is 1.18. The molecule has 0 bridgehead atoms. The fraction of sp³-hybridized carbons (Fsp3) is 0. The molecule has 246 valence electrons. The Bertz CT molecular complexity index is 3140. The molecule has 53 heavy (non-hydrogen) atoms. The highest BCUT2D eigenvalue weighted by Gasteiger charge is 2.14. The van der Waals surface area contributed by atoms with Crippen LogP contribution in [0, 0.1) is 0 Å². The molecule has 0 amide bonds. The van der Waals surface area contributed by atoms with Gasteiger partial charge in [0.25, 0.3) is 0 Å². The predicted molar refractivity (Wildman–Crippen MR) is 223 cm³/mol. The zero-order valence-electron chi connectivity index (χ0n) is 28.7. The maximum absolute atomic E-state index is 4.78. The Kier molecular flexibility index (Phi) is 6.55. The summed E-state index contributed by atoms with van der Waals surface area (Å²) in [6.07, 6.45) is 3.57. The molecule has 11 aromatic rings. The van der Waals surface area contributed by atoms with Gasteiger partial charge in [0.15, 0.2) is 0 Å². The SMILES string of the molecule is c1cc(-c2ccc3cc(-c4ccc(-n5c6ccccc6c6ccccc65)cc4)ccc3c2)cc(-c2ccc3c4ccccc4c4nccnc4c3c2)c1. The molecule has 0 atom stereocenters. The van der Waals surface area contributed by atoms with Crippen LogP contribution in [0.1, 0.15) is 0 Å². The summed E-state index contributed by atoms with van der Waals surface area (Å²) in [6.45, 7) is 0. The fourth-order valence-corrected chi connectivity index (χ4v) is 8.30. The first-order chi connectivity index (χ1) is 26.3. The Morgan fingerprint density at radius 3 is 1.43 bits per heavy atom. The van der Waals surface area contributed by atoms with E-state index in [0.717, 1.165) is 33.1 Å². The summed E-state index contributed by atoms with van der Waals surface area (Å²) >= 11 is 0. The highest BCUT2D eigenvalue weighted by atomic mass is 15.0. The third-order valence-electron chi connectivity index (χ3n) is 10.9. The van der Waals surface area contributed by atoms with Gasteiger partial charge in [-0.2, -0.15) is 0 Å². The van der Waals surface area contributed by atoms with Crippen LogP contribution in [-0.2, 0) is 0 Å². The number of rotatable bonds is 4. The molecule has 2 heterocycles. The van der Waals surface area contributed by atoms with Crippen molar-refractivity contribution in [3.63, 3.8) is 0 Å². The summed E-state index contributed by atoms with van der Waals surface area (Å²) in [6, 6.07) is 63.9. The molecule has 0 saturated carbocycles. The Balaban J connectivity index is 0.923. The van der Waals surface area contributed by atoms with Crippen LogP contribution >= 0.6 is 0 Å². The number of hydrogen-bond acceptors (Lipinski definition) is 2. The second kappa shape index (κ2) is 11.7. The molecule has 2 aromatic heterocycles. The second-order valence-corrected chi connectivity index (χ2v) is 13.8. The van der Waals surface area contributed by atoms with Gasteiger partial charge in [0, 0.05) is 39.6 Å². The molecular formula is C50H31N3. The molecule has 0 unspecified atom stereocenters. The van der Waals surface area contributed by atoms with E-state index in [4.69, 9.17) is 9.97 Å². The standard InChI is InChI=1S/C50H31N3/c1-2-13-45-41(10-1)42-25-22-39(31-46(42)50-49(45)51-26-27-52-50)34-9-7-8-33(28-34)36-18-19-37-29-35(16-17-38(37)30-36)32-20-23-40(24-21-32)53-47-14-5-3-11-43(47)44-12-4-6-15-48(44)53/h1-31H. The van der Waals surface area contributed by atoms with Crippen molar-refractivity contribution in [2.24, 2.45) is 0 Å². The first-order valence-electron chi connectivity index (χ1n) is 18.1. The van der Waals surface area contributed by atoms with Crippen molar-refractivity contribution in [3.05, 3.63) is 188 Å². The summed E-state index contributed by atoms with van der Waals surface area (Å²) in [4.78, 5) is 9.52. The van der Waals surface area contributed by atoms with E-state index in [1.807, 2.05) is 0 Å². The largest absolute Gasteiger partial charge is 0.309 e. The number of benzene rings is 9. The average Bonchev–Trinajstić information content (AvgIpc) is 3.58. The lowest BCUT2D eigenvalue weighted by Gasteiger charge is -2.12. The molecule has 0 radical (unpaired) electrons. The Morgan fingerprint density at radius 1 is 0.302 bits per heavy atom. The Labute approximate surface area is 306 Å².